The van der Waals surface area contributed by atoms with Gasteiger partial charge in [-0.3, -0.25) is 9.59 Å². The van der Waals surface area contributed by atoms with Crippen LogP contribution in [0.3, 0.4) is 0 Å². The highest BCUT2D eigenvalue weighted by molar-refractivity contribution is 5.86. The summed E-state index contributed by atoms with van der Waals surface area (Å²) in [4.78, 5) is 22.3. The predicted octanol–water partition coefficient (Wildman–Crippen LogP) is 2.87. The number of esters is 1. The molecule has 0 fully saturated rings. The predicted molar refractivity (Wildman–Crippen MR) is 59.6 cm³/mol. The van der Waals surface area contributed by atoms with Crippen molar-refractivity contribution in [1.29, 1.82) is 0 Å². The molecule has 0 rings (SSSR count). The molecule has 0 spiro atoms. The summed E-state index contributed by atoms with van der Waals surface area (Å²) in [7, 11) is 0. The lowest BCUT2D eigenvalue weighted by molar-refractivity contribution is -0.163. The fraction of sp³-hybridized carbons (Fsp3) is 0.833. The summed E-state index contributed by atoms with van der Waals surface area (Å²) < 4.78 is 5.09. The summed E-state index contributed by atoms with van der Waals surface area (Å²) in [6.07, 6.45) is 4.96. The van der Waals surface area contributed by atoms with Gasteiger partial charge in [0.05, 0.1) is 0 Å². The second-order valence-electron chi connectivity index (χ2n) is 4.19. The number of carbonyl (C=O) groups is 2. The van der Waals surface area contributed by atoms with Crippen molar-refractivity contribution in [2.45, 2.75) is 65.4 Å². The van der Waals surface area contributed by atoms with Crippen LogP contribution in [0.4, 0.5) is 0 Å². The first-order valence-electron chi connectivity index (χ1n) is 5.63. The van der Waals surface area contributed by atoms with Gasteiger partial charge in [0, 0.05) is 6.92 Å². The lowest BCUT2D eigenvalue weighted by atomic mass is 9.94. The largest absolute Gasteiger partial charge is 0.452 e. The van der Waals surface area contributed by atoms with Crippen LogP contribution in [0.2, 0.25) is 0 Å². The minimum Gasteiger partial charge on any atom is -0.452 e. The van der Waals surface area contributed by atoms with Crippen LogP contribution in [0.15, 0.2) is 0 Å². The maximum absolute atomic E-state index is 11.4. The van der Waals surface area contributed by atoms with Gasteiger partial charge >= 0.3 is 5.97 Å². The highest BCUT2D eigenvalue weighted by Crippen LogP contribution is 2.21. The molecule has 0 aromatic rings. The van der Waals surface area contributed by atoms with E-state index in [1.54, 1.807) is 6.92 Å². The van der Waals surface area contributed by atoms with Crippen LogP contribution in [0, 0.1) is 0 Å². The van der Waals surface area contributed by atoms with Gasteiger partial charge in [-0.05, 0) is 26.7 Å². The van der Waals surface area contributed by atoms with Gasteiger partial charge in [-0.1, -0.05) is 26.2 Å². The van der Waals surface area contributed by atoms with E-state index in [0.717, 1.165) is 25.7 Å². The van der Waals surface area contributed by atoms with Gasteiger partial charge in [-0.15, -0.1) is 0 Å². The third-order valence-electron chi connectivity index (χ3n) is 2.62. The summed E-state index contributed by atoms with van der Waals surface area (Å²) in [6, 6.07) is 0. The molecule has 0 heterocycles. The van der Waals surface area contributed by atoms with Crippen LogP contribution in [0.1, 0.15) is 59.8 Å². The highest BCUT2D eigenvalue weighted by Gasteiger charge is 2.32. The molecule has 0 aliphatic carbocycles. The van der Waals surface area contributed by atoms with E-state index in [4.69, 9.17) is 4.74 Å². The smallest absolute Gasteiger partial charge is 0.303 e. The van der Waals surface area contributed by atoms with Crippen LogP contribution < -0.4 is 0 Å². The Morgan fingerprint density at radius 2 is 1.73 bits per heavy atom. The first-order chi connectivity index (χ1) is 6.92. The van der Waals surface area contributed by atoms with E-state index in [-0.39, 0.29) is 11.8 Å². The zero-order valence-electron chi connectivity index (χ0n) is 10.3. The molecule has 0 saturated heterocycles. The fourth-order valence-corrected chi connectivity index (χ4v) is 1.51. The van der Waals surface area contributed by atoms with Crippen LogP contribution in [-0.4, -0.2) is 17.4 Å². The molecular weight excluding hydrogens is 192 g/mol. The summed E-state index contributed by atoms with van der Waals surface area (Å²) in [5.74, 6) is -0.461. The van der Waals surface area contributed by atoms with E-state index in [1.165, 1.54) is 13.8 Å². The van der Waals surface area contributed by atoms with Gasteiger partial charge in [0.2, 0.25) is 0 Å². The Hall–Kier alpha value is -0.860. The molecule has 88 valence electrons. The van der Waals surface area contributed by atoms with E-state index >= 15 is 0 Å². The van der Waals surface area contributed by atoms with E-state index in [0.29, 0.717) is 6.42 Å². The summed E-state index contributed by atoms with van der Waals surface area (Å²) in [5, 5.41) is 0. The van der Waals surface area contributed by atoms with Crippen LogP contribution in [-0.2, 0) is 14.3 Å². The first-order valence-corrected chi connectivity index (χ1v) is 5.63. The van der Waals surface area contributed by atoms with Gasteiger partial charge in [-0.25, -0.2) is 0 Å². The van der Waals surface area contributed by atoms with Gasteiger partial charge in [-0.2, -0.15) is 0 Å². The number of carbonyl (C=O) groups excluding carboxylic acids is 2. The molecule has 0 radical (unpaired) electrons. The Kier molecular flexibility index (Phi) is 6.21. The maximum Gasteiger partial charge on any atom is 0.303 e. The SMILES string of the molecule is CCCCCCC(C)(OC(C)=O)C(C)=O. The Balaban J connectivity index is 4.14. The number of hydrogen-bond acceptors (Lipinski definition) is 3. The van der Waals surface area contributed by atoms with E-state index in [9.17, 15) is 9.59 Å². The van der Waals surface area contributed by atoms with E-state index in [1.807, 2.05) is 0 Å². The Labute approximate surface area is 92.2 Å². The Bertz CT molecular complexity index is 223. The Morgan fingerprint density at radius 3 is 2.13 bits per heavy atom. The summed E-state index contributed by atoms with van der Waals surface area (Å²) >= 11 is 0. The van der Waals surface area contributed by atoms with Crippen LogP contribution >= 0.6 is 0 Å². The van der Waals surface area contributed by atoms with Gasteiger partial charge in [0.15, 0.2) is 11.4 Å². The molecule has 3 nitrogen and oxygen atoms in total. The number of ketones is 1. The quantitative estimate of drug-likeness (QED) is 0.483. The van der Waals surface area contributed by atoms with Crippen molar-refractivity contribution in [3.05, 3.63) is 0 Å². The lowest BCUT2D eigenvalue weighted by Gasteiger charge is -2.26. The highest BCUT2D eigenvalue weighted by atomic mass is 16.6. The topological polar surface area (TPSA) is 43.4 Å². The molecule has 0 aromatic heterocycles. The molecule has 1 unspecified atom stereocenters. The number of ether oxygens (including phenoxy) is 1. The third-order valence-corrected chi connectivity index (χ3v) is 2.62. The monoisotopic (exact) mass is 214 g/mol. The molecular formula is C12H22O3. The van der Waals surface area contributed by atoms with E-state index in [2.05, 4.69) is 6.92 Å². The molecule has 0 saturated carbocycles. The molecule has 0 aliphatic rings. The molecule has 1 atom stereocenters. The van der Waals surface area contributed by atoms with Crippen molar-refractivity contribution in [2.24, 2.45) is 0 Å². The van der Waals surface area contributed by atoms with Crippen LogP contribution in [0.5, 0.6) is 0 Å². The Morgan fingerprint density at radius 1 is 1.13 bits per heavy atom. The third kappa shape index (κ3) is 5.55. The van der Waals surface area contributed by atoms with Crippen molar-refractivity contribution in [3.63, 3.8) is 0 Å². The minimum absolute atomic E-state index is 0.0748. The minimum atomic E-state index is -0.917. The summed E-state index contributed by atoms with van der Waals surface area (Å²) in [6.45, 7) is 6.65. The number of hydrogen-bond donors (Lipinski definition) is 0. The molecule has 0 bridgehead atoms. The summed E-state index contributed by atoms with van der Waals surface area (Å²) in [5.41, 5.74) is -0.917. The zero-order chi connectivity index (χ0) is 11.9. The van der Waals surface area contributed by atoms with Gasteiger partial charge in [0.1, 0.15) is 0 Å². The molecule has 15 heavy (non-hydrogen) atoms. The number of rotatable bonds is 7. The van der Waals surface area contributed by atoms with Crippen molar-refractivity contribution in [3.8, 4) is 0 Å². The fourth-order valence-electron chi connectivity index (χ4n) is 1.51. The average molecular weight is 214 g/mol. The molecule has 0 aromatic carbocycles. The van der Waals surface area contributed by atoms with Crippen LogP contribution in [0.25, 0.3) is 0 Å². The average Bonchev–Trinajstić information content (AvgIpc) is 2.11. The number of unbranched alkanes of at least 4 members (excludes halogenated alkanes) is 3. The van der Waals surface area contributed by atoms with Gasteiger partial charge in [0.25, 0.3) is 0 Å². The lowest BCUT2D eigenvalue weighted by Crippen LogP contribution is -2.38. The van der Waals surface area contributed by atoms with Crippen molar-refractivity contribution < 1.29 is 14.3 Å². The van der Waals surface area contributed by atoms with E-state index < -0.39 is 5.60 Å². The maximum atomic E-state index is 11.4. The standard InChI is InChI=1S/C12H22O3/c1-5-6-7-8-9-12(4,10(2)13)15-11(3)14/h5-9H2,1-4H3. The zero-order valence-corrected chi connectivity index (χ0v) is 10.3. The molecule has 0 aliphatic heterocycles. The second kappa shape index (κ2) is 6.59. The van der Waals surface area contributed by atoms with Gasteiger partial charge < -0.3 is 4.74 Å². The first kappa shape index (κ1) is 14.1. The van der Waals surface area contributed by atoms with Crippen molar-refractivity contribution >= 4 is 11.8 Å². The molecule has 0 N–H and O–H groups in total. The molecule has 0 amide bonds. The normalized spacial score (nSPS) is 14.4. The second-order valence-corrected chi connectivity index (χ2v) is 4.19. The van der Waals surface area contributed by atoms with Crippen molar-refractivity contribution in [2.75, 3.05) is 0 Å². The van der Waals surface area contributed by atoms with Crippen molar-refractivity contribution in [1.82, 2.24) is 0 Å². The number of Topliss-reactive ketones (excluding diaryl/α,β-unsaturated/α-hetero) is 1. The molecule has 3 heteroatoms.